The summed E-state index contributed by atoms with van der Waals surface area (Å²) >= 11 is 6.88. The zero-order valence-electron chi connectivity index (χ0n) is 8.49. The Hall–Kier alpha value is -0.800. The zero-order chi connectivity index (χ0) is 11.4. The van der Waals surface area contributed by atoms with Crippen LogP contribution in [0.3, 0.4) is 0 Å². The SMILES string of the molecule is Brc1ccc(OCc2ccccc2Br)cc1. The van der Waals surface area contributed by atoms with Crippen LogP contribution in [0.2, 0.25) is 0 Å². The van der Waals surface area contributed by atoms with E-state index >= 15 is 0 Å². The van der Waals surface area contributed by atoms with Gasteiger partial charge in [0, 0.05) is 14.5 Å². The van der Waals surface area contributed by atoms with Crippen LogP contribution in [-0.4, -0.2) is 0 Å². The summed E-state index contributed by atoms with van der Waals surface area (Å²) in [4.78, 5) is 0. The van der Waals surface area contributed by atoms with Crippen LogP contribution in [0.15, 0.2) is 57.5 Å². The van der Waals surface area contributed by atoms with Crippen molar-refractivity contribution in [2.45, 2.75) is 6.61 Å². The van der Waals surface area contributed by atoms with Crippen LogP contribution in [0.4, 0.5) is 0 Å². The summed E-state index contributed by atoms with van der Waals surface area (Å²) in [7, 11) is 0. The van der Waals surface area contributed by atoms with Crippen LogP contribution in [0.5, 0.6) is 5.75 Å². The number of hydrogen-bond donors (Lipinski definition) is 0. The molecule has 0 atom stereocenters. The molecular formula is C13H10Br2O. The molecule has 0 fully saturated rings. The van der Waals surface area contributed by atoms with Crippen molar-refractivity contribution in [2.24, 2.45) is 0 Å². The van der Waals surface area contributed by atoms with E-state index in [9.17, 15) is 0 Å². The highest BCUT2D eigenvalue weighted by atomic mass is 79.9. The Morgan fingerprint density at radius 2 is 1.56 bits per heavy atom. The molecule has 3 heteroatoms. The van der Waals surface area contributed by atoms with Gasteiger partial charge in [0.2, 0.25) is 0 Å². The summed E-state index contributed by atoms with van der Waals surface area (Å²) in [6, 6.07) is 15.9. The van der Waals surface area contributed by atoms with Gasteiger partial charge in [-0.25, -0.2) is 0 Å². The molecule has 0 saturated carbocycles. The van der Waals surface area contributed by atoms with E-state index in [-0.39, 0.29) is 0 Å². The maximum absolute atomic E-state index is 5.68. The third-order valence-corrected chi connectivity index (χ3v) is 3.47. The molecule has 0 bridgehead atoms. The maximum Gasteiger partial charge on any atom is 0.119 e. The van der Waals surface area contributed by atoms with Crippen molar-refractivity contribution < 1.29 is 4.74 Å². The smallest absolute Gasteiger partial charge is 0.119 e. The van der Waals surface area contributed by atoms with Crippen LogP contribution < -0.4 is 4.74 Å². The molecule has 2 rings (SSSR count). The van der Waals surface area contributed by atoms with E-state index in [4.69, 9.17) is 4.74 Å². The highest BCUT2D eigenvalue weighted by Crippen LogP contribution is 2.20. The summed E-state index contributed by atoms with van der Waals surface area (Å²) in [6.07, 6.45) is 0. The lowest BCUT2D eigenvalue weighted by Crippen LogP contribution is -1.95. The van der Waals surface area contributed by atoms with Crippen molar-refractivity contribution >= 4 is 31.9 Å². The summed E-state index contributed by atoms with van der Waals surface area (Å²) in [5.74, 6) is 0.874. The van der Waals surface area contributed by atoms with Gasteiger partial charge in [0.1, 0.15) is 12.4 Å². The van der Waals surface area contributed by atoms with E-state index in [1.165, 1.54) is 0 Å². The van der Waals surface area contributed by atoms with Gasteiger partial charge in [-0.2, -0.15) is 0 Å². The van der Waals surface area contributed by atoms with E-state index in [2.05, 4.69) is 31.9 Å². The van der Waals surface area contributed by atoms with Crippen molar-refractivity contribution in [3.8, 4) is 5.75 Å². The van der Waals surface area contributed by atoms with Gasteiger partial charge >= 0.3 is 0 Å². The van der Waals surface area contributed by atoms with Gasteiger partial charge in [-0.3, -0.25) is 0 Å². The molecule has 2 aromatic rings. The second kappa shape index (κ2) is 5.51. The van der Waals surface area contributed by atoms with Crippen molar-refractivity contribution in [1.82, 2.24) is 0 Å². The molecule has 0 N–H and O–H groups in total. The molecule has 0 aliphatic carbocycles. The number of halogens is 2. The third kappa shape index (κ3) is 3.09. The van der Waals surface area contributed by atoms with Gasteiger partial charge in [0.25, 0.3) is 0 Å². The lowest BCUT2D eigenvalue weighted by Gasteiger charge is -2.07. The first-order valence-corrected chi connectivity index (χ1v) is 6.46. The van der Waals surface area contributed by atoms with Crippen LogP contribution in [0.1, 0.15) is 5.56 Å². The Balaban J connectivity index is 2.02. The number of benzene rings is 2. The lowest BCUT2D eigenvalue weighted by atomic mass is 10.2. The van der Waals surface area contributed by atoms with Crippen LogP contribution in [-0.2, 0) is 6.61 Å². The molecule has 0 amide bonds. The summed E-state index contributed by atoms with van der Waals surface area (Å²) in [5.41, 5.74) is 1.14. The Labute approximate surface area is 112 Å². The number of rotatable bonds is 3. The molecule has 0 aliphatic heterocycles. The quantitative estimate of drug-likeness (QED) is 0.779. The van der Waals surface area contributed by atoms with E-state index in [1.54, 1.807) is 0 Å². The molecule has 16 heavy (non-hydrogen) atoms. The first kappa shape index (κ1) is 11.7. The van der Waals surface area contributed by atoms with Gasteiger partial charge in [-0.05, 0) is 30.3 Å². The predicted octanol–water partition coefficient (Wildman–Crippen LogP) is 4.79. The minimum Gasteiger partial charge on any atom is -0.489 e. The molecule has 0 heterocycles. The van der Waals surface area contributed by atoms with Crippen molar-refractivity contribution in [1.29, 1.82) is 0 Å². The van der Waals surface area contributed by atoms with Crippen LogP contribution in [0.25, 0.3) is 0 Å². The Kier molecular flexibility index (Phi) is 4.02. The second-order valence-corrected chi connectivity index (χ2v) is 5.10. The van der Waals surface area contributed by atoms with E-state index in [1.807, 2.05) is 48.5 Å². The average Bonchev–Trinajstić information content (AvgIpc) is 2.30. The fourth-order valence-corrected chi connectivity index (χ4v) is 1.97. The molecule has 0 saturated heterocycles. The van der Waals surface area contributed by atoms with E-state index in [0.29, 0.717) is 6.61 Å². The number of hydrogen-bond acceptors (Lipinski definition) is 1. The fraction of sp³-hybridized carbons (Fsp3) is 0.0769. The van der Waals surface area contributed by atoms with Gasteiger partial charge in [-0.15, -0.1) is 0 Å². The lowest BCUT2D eigenvalue weighted by molar-refractivity contribution is 0.305. The monoisotopic (exact) mass is 340 g/mol. The Bertz CT molecular complexity index is 466. The molecule has 0 radical (unpaired) electrons. The summed E-state index contributed by atoms with van der Waals surface area (Å²) < 4.78 is 7.81. The van der Waals surface area contributed by atoms with Gasteiger partial charge in [0.05, 0.1) is 0 Å². The molecule has 0 spiro atoms. The normalized spacial score (nSPS) is 10.1. The molecule has 2 aromatic carbocycles. The molecular weight excluding hydrogens is 332 g/mol. The maximum atomic E-state index is 5.68. The van der Waals surface area contributed by atoms with Crippen molar-refractivity contribution in [3.63, 3.8) is 0 Å². The summed E-state index contributed by atoms with van der Waals surface area (Å²) in [5, 5.41) is 0. The van der Waals surface area contributed by atoms with Gasteiger partial charge in [0.15, 0.2) is 0 Å². The van der Waals surface area contributed by atoms with Gasteiger partial charge < -0.3 is 4.74 Å². The molecule has 0 unspecified atom stereocenters. The standard InChI is InChI=1S/C13H10Br2O/c14-11-5-7-12(8-6-11)16-9-10-3-1-2-4-13(10)15/h1-8H,9H2. The van der Waals surface area contributed by atoms with Crippen LogP contribution in [0, 0.1) is 0 Å². The zero-order valence-corrected chi connectivity index (χ0v) is 11.7. The van der Waals surface area contributed by atoms with Crippen molar-refractivity contribution in [2.75, 3.05) is 0 Å². The first-order chi connectivity index (χ1) is 7.75. The highest BCUT2D eigenvalue weighted by molar-refractivity contribution is 9.10. The Morgan fingerprint density at radius 1 is 0.875 bits per heavy atom. The van der Waals surface area contributed by atoms with E-state index in [0.717, 1.165) is 20.3 Å². The number of ether oxygens (including phenoxy) is 1. The van der Waals surface area contributed by atoms with E-state index < -0.39 is 0 Å². The largest absolute Gasteiger partial charge is 0.489 e. The Morgan fingerprint density at radius 3 is 2.25 bits per heavy atom. The molecule has 1 nitrogen and oxygen atoms in total. The van der Waals surface area contributed by atoms with Crippen molar-refractivity contribution in [3.05, 3.63) is 63.0 Å². The minimum absolute atomic E-state index is 0.572. The fourth-order valence-electron chi connectivity index (χ4n) is 1.31. The highest BCUT2D eigenvalue weighted by Gasteiger charge is 1.99. The predicted molar refractivity (Wildman–Crippen MR) is 72.6 cm³/mol. The minimum atomic E-state index is 0.572. The summed E-state index contributed by atoms with van der Waals surface area (Å²) in [6.45, 7) is 0.572. The topological polar surface area (TPSA) is 9.23 Å². The van der Waals surface area contributed by atoms with Gasteiger partial charge in [-0.1, -0.05) is 50.1 Å². The second-order valence-electron chi connectivity index (χ2n) is 3.33. The molecule has 0 aliphatic rings. The first-order valence-electron chi connectivity index (χ1n) is 4.87. The average molecular weight is 342 g/mol. The third-order valence-electron chi connectivity index (χ3n) is 2.17. The molecule has 0 aromatic heterocycles. The molecule has 82 valence electrons. The van der Waals surface area contributed by atoms with Crippen LogP contribution >= 0.6 is 31.9 Å².